The van der Waals surface area contributed by atoms with Crippen molar-refractivity contribution in [2.45, 2.75) is 6.42 Å². The number of ether oxygens (including phenoxy) is 2. The minimum Gasteiger partial charge on any atom is -0.493 e. The summed E-state index contributed by atoms with van der Waals surface area (Å²) in [5.41, 5.74) is 3.36. The topological polar surface area (TPSA) is 77.0 Å². The molecule has 0 fully saturated rings. The number of nitrogens with one attached hydrogen (secondary N) is 1. The Labute approximate surface area is 162 Å². The molecule has 0 saturated carbocycles. The van der Waals surface area contributed by atoms with Crippen LogP contribution in [0.4, 0.5) is 16.2 Å². The Morgan fingerprint density at radius 2 is 1.54 bits per heavy atom. The van der Waals surface area contributed by atoms with Crippen LogP contribution in [0.5, 0.6) is 11.5 Å². The van der Waals surface area contributed by atoms with Gasteiger partial charge < -0.3 is 9.47 Å². The van der Waals surface area contributed by atoms with Gasteiger partial charge >= 0.3 is 6.09 Å². The second-order valence-corrected chi connectivity index (χ2v) is 5.91. The zero-order chi connectivity index (χ0) is 19.8. The summed E-state index contributed by atoms with van der Waals surface area (Å²) in [7, 11) is 1.52. The molecular weight excluding hydrogens is 356 g/mol. The first-order chi connectivity index (χ1) is 13.7. The third-order valence-corrected chi connectivity index (χ3v) is 3.99. The lowest BCUT2D eigenvalue weighted by Crippen LogP contribution is -2.17. The summed E-state index contributed by atoms with van der Waals surface area (Å²) in [6.45, 7) is 0. The van der Waals surface area contributed by atoms with Gasteiger partial charge in [-0.1, -0.05) is 36.4 Å². The molecule has 1 N–H and O–H groups in total. The molecule has 6 nitrogen and oxygen atoms in total. The first kappa shape index (κ1) is 18.9. The van der Waals surface area contributed by atoms with Crippen molar-refractivity contribution < 1.29 is 19.1 Å². The molecule has 0 unspecified atom stereocenters. The molecule has 0 radical (unpaired) electrons. The number of hydrogen-bond acceptors (Lipinski definition) is 5. The number of rotatable bonds is 6. The van der Waals surface area contributed by atoms with Gasteiger partial charge in [0.25, 0.3) is 0 Å². The van der Waals surface area contributed by atoms with Gasteiger partial charge in [-0.25, -0.2) is 9.59 Å². The molecule has 0 aliphatic rings. The number of benzene rings is 3. The van der Waals surface area contributed by atoms with E-state index in [0.29, 0.717) is 22.9 Å². The van der Waals surface area contributed by atoms with Crippen LogP contribution in [0, 0.1) is 0 Å². The second kappa shape index (κ2) is 9.16. The zero-order valence-electron chi connectivity index (χ0n) is 15.2. The van der Waals surface area contributed by atoms with E-state index in [1.807, 2.05) is 36.4 Å². The lowest BCUT2D eigenvalue weighted by Gasteiger charge is -2.10. The number of methoxy groups -OCH3 is 1. The largest absolute Gasteiger partial charge is 0.493 e. The Hall–Kier alpha value is -3.89. The maximum Gasteiger partial charge on any atom is 0.417 e. The molecule has 0 bridgehead atoms. The van der Waals surface area contributed by atoms with Crippen LogP contribution in [0.1, 0.15) is 11.1 Å². The Bertz CT molecular complexity index is 992. The number of aliphatic imine (C=N–C) groups is 1. The Morgan fingerprint density at radius 1 is 0.929 bits per heavy atom. The molecule has 0 atom stereocenters. The van der Waals surface area contributed by atoms with Gasteiger partial charge in [-0.15, -0.1) is 0 Å². The number of nitrogens with zero attached hydrogens (tertiary/aromatic N) is 1. The highest BCUT2D eigenvalue weighted by Crippen LogP contribution is 2.26. The molecule has 3 rings (SSSR count). The number of anilines is 1. The minimum atomic E-state index is -0.594. The molecule has 1 amide bonds. The van der Waals surface area contributed by atoms with Crippen molar-refractivity contribution >= 4 is 23.5 Å². The van der Waals surface area contributed by atoms with Gasteiger partial charge in [0, 0.05) is 5.69 Å². The zero-order valence-corrected chi connectivity index (χ0v) is 15.2. The number of isocyanates is 1. The van der Waals surface area contributed by atoms with Crippen LogP contribution in [0.25, 0.3) is 0 Å². The summed E-state index contributed by atoms with van der Waals surface area (Å²) < 4.78 is 10.4. The van der Waals surface area contributed by atoms with E-state index in [9.17, 15) is 9.59 Å². The smallest absolute Gasteiger partial charge is 0.417 e. The molecule has 0 aliphatic heterocycles. The van der Waals surface area contributed by atoms with E-state index in [2.05, 4.69) is 10.3 Å². The Kier molecular flexibility index (Phi) is 6.18. The van der Waals surface area contributed by atoms with E-state index in [-0.39, 0.29) is 0 Å². The summed E-state index contributed by atoms with van der Waals surface area (Å²) in [5.74, 6) is 0.833. The third-order valence-electron chi connectivity index (χ3n) is 3.99. The molecular formula is C22H18N2O4. The van der Waals surface area contributed by atoms with Crippen molar-refractivity contribution in [1.29, 1.82) is 0 Å². The summed E-state index contributed by atoms with van der Waals surface area (Å²) in [6.07, 6.45) is 1.65. The molecule has 0 aliphatic carbocycles. The molecule has 6 heteroatoms. The summed E-state index contributed by atoms with van der Waals surface area (Å²) in [5, 5.41) is 2.69. The van der Waals surface area contributed by atoms with Gasteiger partial charge in [-0.3, -0.25) is 5.32 Å². The molecule has 0 aromatic heterocycles. The highest BCUT2D eigenvalue weighted by atomic mass is 16.6. The van der Waals surface area contributed by atoms with Gasteiger partial charge in [0.1, 0.15) is 0 Å². The van der Waals surface area contributed by atoms with Crippen molar-refractivity contribution in [3.05, 3.63) is 83.9 Å². The standard InChI is InChI=1S/C22H18N2O4/c1-27-20-4-2-3-5-21(20)28-22(26)24-19-12-8-17(9-13-19)14-16-6-10-18(11-7-16)23-15-25/h2-13H,14H2,1H3,(H,24,26). The SMILES string of the molecule is COc1ccccc1OC(=O)Nc1ccc(Cc2ccc(N=C=O)cc2)cc1. The van der Waals surface area contributed by atoms with Gasteiger partial charge in [0.2, 0.25) is 6.08 Å². The number of para-hydroxylation sites is 2. The Balaban J connectivity index is 1.59. The molecule has 0 spiro atoms. The van der Waals surface area contributed by atoms with Crippen molar-refractivity contribution in [1.82, 2.24) is 0 Å². The highest BCUT2D eigenvalue weighted by Gasteiger charge is 2.09. The monoisotopic (exact) mass is 374 g/mol. The average molecular weight is 374 g/mol. The van der Waals surface area contributed by atoms with Gasteiger partial charge in [0.15, 0.2) is 11.5 Å². The number of carbonyl (C=O) groups is 1. The quantitative estimate of drug-likeness (QED) is 0.493. The maximum absolute atomic E-state index is 12.1. The van der Waals surface area contributed by atoms with Crippen molar-refractivity contribution in [3.63, 3.8) is 0 Å². The maximum atomic E-state index is 12.1. The molecule has 0 saturated heterocycles. The van der Waals surface area contributed by atoms with E-state index in [1.54, 1.807) is 36.4 Å². The molecule has 3 aromatic carbocycles. The van der Waals surface area contributed by atoms with Gasteiger partial charge in [-0.2, -0.15) is 4.99 Å². The van der Waals surface area contributed by atoms with Crippen molar-refractivity contribution in [2.75, 3.05) is 12.4 Å². The fourth-order valence-electron chi connectivity index (χ4n) is 2.63. The summed E-state index contributed by atoms with van der Waals surface area (Å²) in [4.78, 5) is 25.9. The predicted octanol–water partition coefficient (Wildman–Crippen LogP) is 4.86. The van der Waals surface area contributed by atoms with Crippen LogP contribution in [0.3, 0.4) is 0 Å². The van der Waals surface area contributed by atoms with Gasteiger partial charge in [0.05, 0.1) is 12.8 Å². The second-order valence-electron chi connectivity index (χ2n) is 5.91. The van der Waals surface area contributed by atoms with E-state index in [4.69, 9.17) is 9.47 Å². The minimum absolute atomic E-state index is 0.349. The average Bonchev–Trinajstić information content (AvgIpc) is 2.71. The summed E-state index contributed by atoms with van der Waals surface area (Å²) >= 11 is 0. The van der Waals surface area contributed by atoms with Crippen LogP contribution in [-0.2, 0) is 11.2 Å². The number of carbonyl (C=O) groups excluding carboxylic acids is 2. The van der Waals surface area contributed by atoms with Crippen molar-refractivity contribution in [3.8, 4) is 11.5 Å². The third kappa shape index (κ3) is 5.06. The normalized spacial score (nSPS) is 9.89. The van der Waals surface area contributed by atoms with Crippen LogP contribution in [-0.4, -0.2) is 19.3 Å². The van der Waals surface area contributed by atoms with E-state index >= 15 is 0 Å². The first-order valence-corrected chi connectivity index (χ1v) is 8.55. The fraction of sp³-hybridized carbons (Fsp3) is 0.0909. The molecule has 3 aromatic rings. The summed E-state index contributed by atoms with van der Waals surface area (Å²) in [6, 6.07) is 21.8. The first-order valence-electron chi connectivity index (χ1n) is 8.55. The fourth-order valence-corrected chi connectivity index (χ4v) is 2.63. The lowest BCUT2D eigenvalue weighted by molar-refractivity contribution is 0.213. The highest BCUT2D eigenvalue weighted by molar-refractivity contribution is 5.86. The van der Waals surface area contributed by atoms with E-state index in [1.165, 1.54) is 13.2 Å². The van der Waals surface area contributed by atoms with Gasteiger partial charge in [-0.05, 0) is 53.9 Å². The number of hydrogen-bond donors (Lipinski definition) is 1. The van der Waals surface area contributed by atoms with E-state index < -0.39 is 6.09 Å². The van der Waals surface area contributed by atoms with E-state index in [0.717, 1.165) is 17.5 Å². The van der Waals surface area contributed by atoms with Crippen LogP contribution >= 0.6 is 0 Å². The van der Waals surface area contributed by atoms with Crippen LogP contribution < -0.4 is 14.8 Å². The molecule has 140 valence electrons. The van der Waals surface area contributed by atoms with Crippen LogP contribution in [0.15, 0.2) is 77.8 Å². The number of amides is 1. The van der Waals surface area contributed by atoms with Crippen molar-refractivity contribution in [2.24, 2.45) is 4.99 Å². The molecule has 28 heavy (non-hydrogen) atoms. The predicted molar refractivity (Wildman–Crippen MR) is 106 cm³/mol. The Morgan fingerprint density at radius 3 is 2.14 bits per heavy atom. The molecule has 0 heterocycles. The van der Waals surface area contributed by atoms with Crippen LogP contribution in [0.2, 0.25) is 0 Å². The lowest BCUT2D eigenvalue weighted by atomic mass is 10.0.